The summed E-state index contributed by atoms with van der Waals surface area (Å²) in [5, 5.41) is 3.03. The Bertz CT molecular complexity index is 1330. The molecule has 0 aromatic heterocycles. The maximum Gasteiger partial charge on any atom is 0.264 e. The molecular formula is C29H32FN3O4S. The lowest BCUT2D eigenvalue weighted by atomic mass is 10.1. The summed E-state index contributed by atoms with van der Waals surface area (Å²) in [5.74, 6) is -1.26. The van der Waals surface area contributed by atoms with Gasteiger partial charge >= 0.3 is 0 Å². The Balaban J connectivity index is 1.65. The molecule has 1 atom stereocenters. The van der Waals surface area contributed by atoms with Crippen molar-refractivity contribution >= 4 is 27.5 Å². The van der Waals surface area contributed by atoms with E-state index < -0.39 is 34.3 Å². The average molecular weight is 538 g/mol. The Morgan fingerprint density at radius 3 is 2.11 bits per heavy atom. The highest BCUT2D eigenvalue weighted by Crippen LogP contribution is 2.24. The van der Waals surface area contributed by atoms with Gasteiger partial charge in [-0.3, -0.25) is 13.9 Å². The van der Waals surface area contributed by atoms with Crippen LogP contribution >= 0.6 is 0 Å². The van der Waals surface area contributed by atoms with Crippen LogP contribution in [0.1, 0.15) is 38.2 Å². The second-order valence-corrected chi connectivity index (χ2v) is 11.3. The molecule has 0 saturated heterocycles. The van der Waals surface area contributed by atoms with Crippen molar-refractivity contribution in [2.45, 2.75) is 56.1 Å². The van der Waals surface area contributed by atoms with E-state index in [1.165, 1.54) is 29.2 Å². The largest absolute Gasteiger partial charge is 0.352 e. The highest BCUT2D eigenvalue weighted by atomic mass is 32.2. The fraction of sp³-hybridized carbons (Fsp3) is 0.310. The lowest BCUT2D eigenvalue weighted by Gasteiger charge is -2.32. The fourth-order valence-electron chi connectivity index (χ4n) is 4.60. The van der Waals surface area contributed by atoms with Crippen LogP contribution in [0.5, 0.6) is 0 Å². The SMILES string of the molecule is C[C@@H](C(=O)NC1CCCC1)N(Cc1ccc(F)cc1)C(=O)CN(c1ccccc1)S(=O)(=O)c1ccccc1. The van der Waals surface area contributed by atoms with E-state index in [0.717, 1.165) is 30.0 Å². The van der Waals surface area contributed by atoms with Crippen LogP contribution in [0.25, 0.3) is 0 Å². The van der Waals surface area contributed by atoms with E-state index in [9.17, 15) is 22.4 Å². The van der Waals surface area contributed by atoms with Gasteiger partial charge in [0, 0.05) is 12.6 Å². The molecule has 1 saturated carbocycles. The second-order valence-electron chi connectivity index (χ2n) is 9.47. The van der Waals surface area contributed by atoms with Crippen molar-refractivity contribution in [3.8, 4) is 0 Å². The molecule has 3 aromatic rings. The zero-order chi connectivity index (χ0) is 27.1. The van der Waals surface area contributed by atoms with Crippen molar-refractivity contribution in [3.63, 3.8) is 0 Å². The molecule has 38 heavy (non-hydrogen) atoms. The van der Waals surface area contributed by atoms with Gasteiger partial charge in [0.15, 0.2) is 0 Å². The summed E-state index contributed by atoms with van der Waals surface area (Å²) < 4.78 is 41.9. The van der Waals surface area contributed by atoms with Gasteiger partial charge in [0.2, 0.25) is 11.8 Å². The molecule has 1 N–H and O–H groups in total. The first-order valence-corrected chi connectivity index (χ1v) is 14.2. The summed E-state index contributed by atoms with van der Waals surface area (Å²) in [6.07, 6.45) is 3.87. The normalized spacial score (nSPS) is 14.6. The van der Waals surface area contributed by atoms with Crippen LogP contribution in [0.3, 0.4) is 0 Å². The summed E-state index contributed by atoms with van der Waals surface area (Å²) in [6, 6.07) is 21.2. The third-order valence-corrected chi connectivity index (χ3v) is 8.58. The molecule has 4 rings (SSSR count). The lowest BCUT2D eigenvalue weighted by Crippen LogP contribution is -2.52. The van der Waals surface area contributed by atoms with Crippen LogP contribution in [-0.4, -0.2) is 43.8 Å². The quantitative estimate of drug-likeness (QED) is 0.413. The van der Waals surface area contributed by atoms with Crippen LogP contribution < -0.4 is 9.62 Å². The minimum Gasteiger partial charge on any atom is -0.352 e. The second kappa shape index (κ2) is 12.2. The molecule has 0 spiro atoms. The summed E-state index contributed by atoms with van der Waals surface area (Å²) in [5.41, 5.74) is 0.951. The van der Waals surface area contributed by atoms with Crippen molar-refractivity contribution in [3.05, 3.63) is 96.3 Å². The molecular weight excluding hydrogens is 505 g/mol. The Labute approximate surface area is 223 Å². The molecule has 3 aromatic carbocycles. The van der Waals surface area contributed by atoms with E-state index >= 15 is 0 Å². The zero-order valence-corrected chi connectivity index (χ0v) is 22.1. The van der Waals surface area contributed by atoms with E-state index in [1.54, 1.807) is 67.6 Å². The zero-order valence-electron chi connectivity index (χ0n) is 21.3. The van der Waals surface area contributed by atoms with Gasteiger partial charge in [0.25, 0.3) is 10.0 Å². The highest BCUT2D eigenvalue weighted by molar-refractivity contribution is 7.92. The Morgan fingerprint density at radius 1 is 0.921 bits per heavy atom. The number of hydrogen-bond donors (Lipinski definition) is 1. The first-order valence-electron chi connectivity index (χ1n) is 12.7. The highest BCUT2D eigenvalue weighted by Gasteiger charge is 2.33. The number of amides is 2. The molecule has 7 nitrogen and oxygen atoms in total. The number of carbonyl (C=O) groups is 2. The number of rotatable bonds is 10. The maximum atomic E-state index is 13.8. The summed E-state index contributed by atoms with van der Waals surface area (Å²) >= 11 is 0. The smallest absolute Gasteiger partial charge is 0.264 e. The summed E-state index contributed by atoms with van der Waals surface area (Å²) in [4.78, 5) is 28.4. The average Bonchev–Trinajstić information content (AvgIpc) is 3.45. The Hall–Kier alpha value is -3.72. The molecule has 1 fully saturated rings. The molecule has 0 bridgehead atoms. The number of hydrogen-bond acceptors (Lipinski definition) is 4. The molecule has 0 radical (unpaired) electrons. The van der Waals surface area contributed by atoms with Crippen molar-refractivity contribution in [1.29, 1.82) is 0 Å². The van der Waals surface area contributed by atoms with E-state index in [-0.39, 0.29) is 23.4 Å². The number of para-hydroxylation sites is 1. The number of sulfonamides is 1. The van der Waals surface area contributed by atoms with Crippen LogP contribution in [0.2, 0.25) is 0 Å². The molecule has 1 aliphatic carbocycles. The molecule has 2 amide bonds. The topological polar surface area (TPSA) is 86.8 Å². The predicted molar refractivity (Wildman–Crippen MR) is 144 cm³/mol. The fourth-order valence-corrected chi connectivity index (χ4v) is 6.04. The first kappa shape index (κ1) is 27.3. The monoisotopic (exact) mass is 537 g/mol. The van der Waals surface area contributed by atoms with Crippen LogP contribution in [0.15, 0.2) is 89.8 Å². The van der Waals surface area contributed by atoms with Gasteiger partial charge in [-0.1, -0.05) is 61.4 Å². The van der Waals surface area contributed by atoms with E-state index in [4.69, 9.17) is 0 Å². The van der Waals surface area contributed by atoms with Gasteiger partial charge in [-0.15, -0.1) is 0 Å². The van der Waals surface area contributed by atoms with Crippen LogP contribution in [0, 0.1) is 5.82 Å². The summed E-state index contributed by atoms with van der Waals surface area (Å²) in [6.45, 7) is 1.14. The molecule has 0 unspecified atom stereocenters. The lowest BCUT2D eigenvalue weighted by molar-refractivity contribution is -0.139. The van der Waals surface area contributed by atoms with Gasteiger partial charge in [0.05, 0.1) is 10.6 Å². The Kier molecular flexibility index (Phi) is 8.78. The van der Waals surface area contributed by atoms with Gasteiger partial charge < -0.3 is 10.2 Å². The first-order chi connectivity index (χ1) is 18.3. The van der Waals surface area contributed by atoms with E-state index in [0.29, 0.717) is 11.3 Å². The molecule has 200 valence electrons. The molecule has 9 heteroatoms. The van der Waals surface area contributed by atoms with Gasteiger partial charge in [-0.25, -0.2) is 12.8 Å². The third-order valence-electron chi connectivity index (χ3n) is 6.79. The van der Waals surface area contributed by atoms with E-state index in [2.05, 4.69) is 5.32 Å². The van der Waals surface area contributed by atoms with Crippen LogP contribution in [0.4, 0.5) is 10.1 Å². The number of nitrogens with one attached hydrogen (secondary N) is 1. The number of benzene rings is 3. The minimum absolute atomic E-state index is 0.0202. The molecule has 0 heterocycles. The number of carbonyl (C=O) groups excluding carboxylic acids is 2. The van der Waals surface area contributed by atoms with Gasteiger partial charge in [-0.05, 0) is 61.7 Å². The van der Waals surface area contributed by atoms with Crippen molar-refractivity contribution in [1.82, 2.24) is 10.2 Å². The number of nitrogens with zero attached hydrogens (tertiary/aromatic N) is 2. The Morgan fingerprint density at radius 2 is 1.50 bits per heavy atom. The molecule has 0 aliphatic heterocycles. The number of anilines is 1. The van der Waals surface area contributed by atoms with Crippen molar-refractivity contribution in [2.24, 2.45) is 0 Å². The minimum atomic E-state index is -4.09. The van der Waals surface area contributed by atoms with E-state index in [1.807, 2.05) is 0 Å². The van der Waals surface area contributed by atoms with Crippen molar-refractivity contribution < 1.29 is 22.4 Å². The summed E-state index contributed by atoms with van der Waals surface area (Å²) in [7, 11) is -4.09. The van der Waals surface area contributed by atoms with Gasteiger partial charge in [-0.2, -0.15) is 0 Å². The number of halogens is 1. The molecule has 1 aliphatic rings. The standard InChI is InChI=1S/C29H32FN3O4S/c1-22(29(35)31-25-10-8-9-11-25)32(20-23-16-18-24(30)19-17-23)28(34)21-33(26-12-4-2-5-13-26)38(36,37)27-14-6-3-7-15-27/h2-7,12-19,22,25H,8-11,20-21H2,1H3,(H,31,35)/t22-/m0/s1. The predicted octanol–water partition coefficient (Wildman–Crippen LogP) is 4.50. The van der Waals surface area contributed by atoms with Crippen molar-refractivity contribution in [2.75, 3.05) is 10.8 Å². The van der Waals surface area contributed by atoms with Crippen LogP contribution in [-0.2, 0) is 26.2 Å². The third kappa shape index (κ3) is 6.58. The van der Waals surface area contributed by atoms with Gasteiger partial charge in [0.1, 0.15) is 18.4 Å². The maximum absolute atomic E-state index is 13.8.